The number of hydrogen-bond donors (Lipinski definition) is 1. The van der Waals surface area contributed by atoms with Gasteiger partial charge in [0.1, 0.15) is 11.5 Å². The zero-order valence-electron chi connectivity index (χ0n) is 17.3. The van der Waals surface area contributed by atoms with E-state index >= 15 is 0 Å². The summed E-state index contributed by atoms with van der Waals surface area (Å²) in [5, 5.41) is 6.50. The molecule has 4 aromatic rings. The second kappa shape index (κ2) is 10.3. The van der Waals surface area contributed by atoms with Crippen LogP contribution in [0.5, 0.6) is 0 Å². The maximum atomic E-state index is 13.1. The minimum absolute atomic E-state index is 0.0724. The third kappa shape index (κ3) is 5.85. The average Bonchev–Trinajstić information content (AvgIpc) is 3.33. The van der Waals surface area contributed by atoms with Gasteiger partial charge < -0.3 is 14.6 Å². The number of hydrogen-bond acceptors (Lipinski definition) is 7. The monoisotopic (exact) mass is 446 g/mol. The molecule has 2 aromatic carbocycles. The van der Waals surface area contributed by atoms with Crippen molar-refractivity contribution in [1.82, 2.24) is 15.1 Å². The minimum atomic E-state index is -1.18. The van der Waals surface area contributed by atoms with Gasteiger partial charge in [0.25, 0.3) is 5.91 Å². The Kier molecular flexibility index (Phi) is 6.79. The van der Waals surface area contributed by atoms with Gasteiger partial charge in [-0.1, -0.05) is 41.6 Å². The molecule has 1 unspecified atom stereocenters. The number of amides is 1. The van der Waals surface area contributed by atoms with Gasteiger partial charge in [-0.3, -0.25) is 14.6 Å². The van der Waals surface area contributed by atoms with E-state index in [1.165, 1.54) is 24.3 Å². The molecule has 0 radical (unpaired) electrons. The van der Waals surface area contributed by atoms with E-state index in [2.05, 4.69) is 20.4 Å². The molecule has 1 amide bonds. The maximum absolute atomic E-state index is 13.1. The van der Waals surface area contributed by atoms with Crippen LogP contribution in [0.3, 0.4) is 0 Å². The van der Waals surface area contributed by atoms with Crippen molar-refractivity contribution in [2.24, 2.45) is 0 Å². The summed E-state index contributed by atoms with van der Waals surface area (Å²) < 4.78 is 23.8. The molecule has 1 N–H and O–H groups in total. The molecule has 0 saturated heterocycles. The number of anilines is 1. The van der Waals surface area contributed by atoms with Gasteiger partial charge in [0.15, 0.2) is 0 Å². The first kappa shape index (κ1) is 21.8. The van der Waals surface area contributed by atoms with Gasteiger partial charge in [-0.15, -0.1) is 0 Å². The lowest BCUT2D eigenvalue weighted by molar-refractivity contribution is -0.154. The lowest BCUT2D eigenvalue weighted by Crippen LogP contribution is -2.26. The highest BCUT2D eigenvalue weighted by molar-refractivity contribution is 5.96. The Morgan fingerprint density at radius 3 is 2.48 bits per heavy atom. The van der Waals surface area contributed by atoms with Crippen LogP contribution in [0.15, 0.2) is 83.5 Å². The Morgan fingerprint density at radius 1 is 1.00 bits per heavy atom. The van der Waals surface area contributed by atoms with E-state index in [-0.39, 0.29) is 18.7 Å². The van der Waals surface area contributed by atoms with Crippen LogP contribution in [0.25, 0.3) is 11.5 Å². The highest BCUT2D eigenvalue weighted by Gasteiger charge is 2.25. The highest BCUT2D eigenvalue weighted by atomic mass is 19.1. The maximum Gasteiger partial charge on any atom is 0.307 e. The first-order valence-corrected chi connectivity index (χ1v) is 10.1. The van der Waals surface area contributed by atoms with Gasteiger partial charge in [-0.05, 0) is 36.4 Å². The summed E-state index contributed by atoms with van der Waals surface area (Å²) in [5.41, 5.74) is 1.43. The summed E-state index contributed by atoms with van der Waals surface area (Å²) >= 11 is 0. The second-order valence-electron chi connectivity index (χ2n) is 7.00. The number of carbonyl (C=O) groups is 2. The predicted octanol–water partition coefficient (Wildman–Crippen LogP) is 4.13. The lowest BCUT2D eigenvalue weighted by atomic mass is 10.1. The Hall–Kier alpha value is -4.40. The third-order valence-corrected chi connectivity index (χ3v) is 4.61. The molecule has 0 aliphatic heterocycles. The molecular weight excluding hydrogens is 427 g/mol. The zero-order chi connectivity index (χ0) is 23.0. The van der Waals surface area contributed by atoms with Crippen molar-refractivity contribution >= 4 is 17.6 Å². The van der Waals surface area contributed by atoms with Crippen molar-refractivity contribution in [2.75, 3.05) is 5.32 Å². The summed E-state index contributed by atoms with van der Waals surface area (Å²) in [6.07, 6.45) is 0.496. The molecule has 0 spiro atoms. The van der Waals surface area contributed by atoms with Crippen molar-refractivity contribution < 1.29 is 23.2 Å². The van der Waals surface area contributed by atoms with Crippen LogP contribution in [0.2, 0.25) is 0 Å². The first-order chi connectivity index (χ1) is 16.1. The molecular formula is C24H19FN4O4. The number of nitrogens with zero attached hydrogens (tertiary/aromatic N) is 3. The van der Waals surface area contributed by atoms with Gasteiger partial charge >= 0.3 is 5.97 Å². The molecule has 8 nitrogen and oxygen atoms in total. The topological polar surface area (TPSA) is 107 Å². The van der Waals surface area contributed by atoms with E-state index in [1.807, 2.05) is 0 Å². The molecule has 2 heterocycles. The van der Waals surface area contributed by atoms with Crippen molar-refractivity contribution in [3.63, 3.8) is 0 Å². The molecule has 0 saturated carbocycles. The Bertz CT molecular complexity index is 1210. The van der Waals surface area contributed by atoms with Crippen LogP contribution in [0.4, 0.5) is 10.1 Å². The fourth-order valence-corrected chi connectivity index (χ4v) is 3.00. The number of pyridine rings is 1. The van der Waals surface area contributed by atoms with E-state index in [4.69, 9.17) is 9.26 Å². The molecule has 0 bridgehead atoms. The largest absolute Gasteiger partial charge is 0.447 e. The number of nitrogens with one attached hydrogen (secondary N) is 1. The Morgan fingerprint density at radius 2 is 1.76 bits per heavy atom. The normalized spacial score (nSPS) is 11.5. The van der Waals surface area contributed by atoms with Crippen LogP contribution in [-0.4, -0.2) is 27.0 Å². The van der Waals surface area contributed by atoms with Gasteiger partial charge in [0, 0.05) is 23.9 Å². The number of carbonyl (C=O) groups excluding carboxylic acids is 2. The van der Waals surface area contributed by atoms with E-state index in [9.17, 15) is 14.0 Å². The molecule has 33 heavy (non-hydrogen) atoms. The minimum Gasteiger partial charge on any atom is -0.447 e. The smallest absolute Gasteiger partial charge is 0.307 e. The van der Waals surface area contributed by atoms with E-state index < -0.39 is 23.8 Å². The fourth-order valence-electron chi connectivity index (χ4n) is 3.00. The standard InChI is InChI=1S/C24H19FN4O4/c25-17-9-11-18(12-10-17)27-24(31)22(16-6-2-1-3-7-16)32-21(30)14-13-20-28-23(29-33-20)19-8-4-5-15-26-19/h1-12,15,22H,13-14H2,(H,27,31). The average molecular weight is 446 g/mol. The summed E-state index contributed by atoms with van der Waals surface area (Å²) in [4.78, 5) is 33.7. The number of aryl methyl sites for hydroxylation is 1. The van der Waals surface area contributed by atoms with Crippen molar-refractivity contribution in [3.8, 4) is 11.5 Å². The van der Waals surface area contributed by atoms with Crippen LogP contribution in [0.1, 0.15) is 24.0 Å². The molecule has 2 aromatic heterocycles. The van der Waals surface area contributed by atoms with E-state index in [0.717, 1.165) is 0 Å². The van der Waals surface area contributed by atoms with E-state index in [1.54, 1.807) is 54.7 Å². The van der Waals surface area contributed by atoms with Crippen LogP contribution in [0, 0.1) is 5.82 Å². The number of esters is 1. The van der Waals surface area contributed by atoms with Crippen molar-refractivity contribution in [1.29, 1.82) is 0 Å². The quantitative estimate of drug-likeness (QED) is 0.406. The Balaban J connectivity index is 1.40. The third-order valence-electron chi connectivity index (χ3n) is 4.61. The van der Waals surface area contributed by atoms with Crippen LogP contribution in [-0.2, 0) is 20.7 Å². The number of aromatic nitrogens is 3. The summed E-state index contributed by atoms with van der Waals surface area (Å²) in [7, 11) is 0. The van der Waals surface area contributed by atoms with Gasteiger partial charge in [-0.2, -0.15) is 4.98 Å². The molecule has 166 valence electrons. The number of benzene rings is 2. The summed E-state index contributed by atoms with van der Waals surface area (Å²) in [6.45, 7) is 0. The molecule has 4 rings (SSSR count). The molecule has 9 heteroatoms. The van der Waals surface area contributed by atoms with E-state index in [0.29, 0.717) is 22.8 Å². The van der Waals surface area contributed by atoms with Crippen LogP contribution < -0.4 is 5.32 Å². The molecule has 0 aliphatic rings. The lowest BCUT2D eigenvalue weighted by Gasteiger charge is -2.18. The zero-order valence-corrected chi connectivity index (χ0v) is 17.3. The number of halogens is 1. The number of ether oxygens (including phenoxy) is 1. The Labute approximate surface area is 188 Å². The summed E-state index contributed by atoms with van der Waals surface area (Å²) in [5.74, 6) is -1.03. The molecule has 0 aliphatic carbocycles. The summed E-state index contributed by atoms with van der Waals surface area (Å²) in [6, 6.07) is 19.2. The van der Waals surface area contributed by atoms with Crippen molar-refractivity contribution in [3.05, 3.63) is 96.3 Å². The van der Waals surface area contributed by atoms with Gasteiger partial charge in [0.05, 0.1) is 6.42 Å². The highest BCUT2D eigenvalue weighted by Crippen LogP contribution is 2.21. The van der Waals surface area contributed by atoms with Gasteiger partial charge in [0.2, 0.25) is 17.8 Å². The van der Waals surface area contributed by atoms with Crippen molar-refractivity contribution in [2.45, 2.75) is 18.9 Å². The molecule has 0 fully saturated rings. The fraction of sp³-hybridized carbons (Fsp3) is 0.125. The predicted molar refractivity (Wildman–Crippen MR) is 116 cm³/mol. The van der Waals surface area contributed by atoms with Gasteiger partial charge in [-0.25, -0.2) is 4.39 Å². The van der Waals surface area contributed by atoms with Crippen LogP contribution >= 0.6 is 0 Å². The number of rotatable bonds is 8. The molecule has 1 atom stereocenters. The second-order valence-corrected chi connectivity index (χ2v) is 7.00. The SMILES string of the molecule is O=C(CCc1nc(-c2ccccn2)no1)OC(C(=O)Nc1ccc(F)cc1)c1ccccc1. The first-order valence-electron chi connectivity index (χ1n) is 10.1.